The highest BCUT2D eigenvalue weighted by Crippen LogP contribution is 2.28. The molecule has 2 N–H and O–H groups in total. The summed E-state index contributed by atoms with van der Waals surface area (Å²) < 4.78 is 11.1. The maximum atomic E-state index is 12.1. The van der Waals surface area contributed by atoms with Gasteiger partial charge in [0.25, 0.3) is 11.8 Å². The van der Waals surface area contributed by atoms with E-state index in [2.05, 4.69) is 10.9 Å². The van der Waals surface area contributed by atoms with Gasteiger partial charge in [-0.15, -0.1) is 0 Å². The number of carbonyl (C=O) groups is 2. The summed E-state index contributed by atoms with van der Waals surface area (Å²) in [6, 6.07) is 13.2. The van der Waals surface area contributed by atoms with Gasteiger partial charge in [-0.1, -0.05) is 36.4 Å². The first-order valence-corrected chi connectivity index (χ1v) is 8.07. The maximum Gasteiger partial charge on any atom is 0.279 e. The van der Waals surface area contributed by atoms with E-state index in [0.29, 0.717) is 17.9 Å². The Bertz CT molecular complexity index is 759. The number of amides is 2. The second-order valence-corrected chi connectivity index (χ2v) is 5.97. The molecule has 3 rings (SSSR count). The molecule has 2 amide bonds. The van der Waals surface area contributed by atoms with Gasteiger partial charge in [-0.25, -0.2) is 0 Å². The highest BCUT2D eigenvalue weighted by Gasteiger charge is 2.28. The average Bonchev–Trinajstić information content (AvgIpc) is 3.03. The van der Waals surface area contributed by atoms with E-state index in [1.54, 1.807) is 0 Å². The molecule has 6 nitrogen and oxygen atoms in total. The van der Waals surface area contributed by atoms with Gasteiger partial charge in [-0.05, 0) is 36.6 Å². The number of hydrazine groups is 1. The minimum absolute atomic E-state index is 0.183. The molecule has 0 radical (unpaired) electrons. The van der Waals surface area contributed by atoms with Crippen molar-refractivity contribution in [3.05, 3.63) is 59.2 Å². The maximum absolute atomic E-state index is 12.1. The molecule has 130 valence electrons. The molecule has 6 heteroatoms. The molecular weight excluding hydrogens is 320 g/mol. The van der Waals surface area contributed by atoms with Gasteiger partial charge in [0.05, 0.1) is 0 Å². The summed E-state index contributed by atoms with van der Waals surface area (Å²) in [7, 11) is 0. The lowest BCUT2D eigenvalue weighted by molar-refractivity contribution is -0.133. The predicted molar refractivity (Wildman–Crippen MR) is 92.3 cm³/mol. The third-order valence-electron chi connectivity index (χ3n) is 4.02. The topological polar surface area (TPSA) is 76.7 Å². The van der Waals surface area contributed by atoms with Crippen LogP contribution in [0.15, 0.2) is 42.5 Å². The first-order chi connectivity index (χ1) is 12.0. The first-order valence-electron chi connectivity index (χ1n) is 8.07. The molecular formula is C19H20N2O4. The zero-order chi connectivity index (χ0) is 17.8. The number of fused-ring (bicyclic) bond motifs is 1. The van der Waals surface area contributed by atoms with Crippen molar-refractivity contribution in [1.29, 1.82) is 0 Å². The second-order valence-electron chi connectivity index (χ2n) is 5.97. The zero-order valence-electron chi connectivity index (χ0n) is 14.2. The summed E-state index contributed by atoms with van der Waals surface area (Å²) in [5, 5.41) is 0. The first kappa shape index (κ1) is 16.8. The molecule has 1 aliphatic heterocycles. The largest absolute Gasteiger partial charge is 0.483 e. The van der Waals surface area contributed by atoms with E-state index in [9.17, 15) is 9.59 Å². The van der Waals surface area contributed by atoms with E-state index in [1.807, 2.05) is 56.3 Å². The minimum Gasteiger partial charge on any atom is -0.483 e. The van der Waals surface area contributed by atoms with Gasteiger partial charge in [0.15, 0.2) is 12.7 Å². The monoisotopic (exact) mass is 340 g/mol. The second kappa shape index (κ2) is 7.25. The molecule has 2 aromatic rings. The van der Waals surface area contributed by atoms with Crippen LogP contribution in [0.5, 0.6) is 11.5 Å². The van der Waals surface area contributed by atoms with Crippen LogP contribution >= 0.6 is 0 Å². The zero-order valence-corrected chi connectivity index (χ0v) is 14.2. The number of aryl methyl sites for hydroxylation is 2. The highest BCUT2D eigenvalue weighted by molar-refractivity contribution is 5.86. The minimum atomic E-state index is -0.641. The summed E-state index contributed by atoms with van der Waals surface area (Å²) in [6.45, 7) is 3.64. The lowest BCUT2D eigenvalue weighted by Gasteiger charge is -2.14. The number of benzene rings is 2. The molecule has 2 aromatic carbocycles. The fraction of sp³-hybridized carbons (Fsp3) is 0.263. The van der Waals surface area contributed by atoms with Crippen molar-refractivity contribution < 1.29 is 19.1 Å². The quantitative estimate of drug-likeness (QED) is 0.833. The molecule has 1 unspecified atom stereocenters. The number of para-hydroxylation sites is 2. The Kier molecular flexibility index (Phi) is 4.88. The van der Waals surface area contributed by atoms with Gasteiger partial charge in [0, 0.05) is 6.42 Å². The van der Waals surface area contributed by atoms with E-state index in [4.69, 9.17) is 9.47 Å². The smallest absolute Gasteiger partial charge is 0.279 e. The fourth-order valence-electron chi connectivity index (χ4n) is 2.74. The van der Waals surface area contributed by atoms with E-state index in [0.717, 1.165) is 16.7 Å². The van der Waals surface area contributed by atoms with E-state index < -0.39 is 17.9 Å². The highest BCUT2D eigenvalue weighted by atomic mass is 16.5. The summed E-state index contributed by atoms with van der Waals surface area (Å²) in [5.41, 5.74) is 7.62. The molecule has 0 aliphatic carbocycles. The lowest BCUT2D eigenvalue weighted by atomic mass is 10.1. The molecule has 1 atom stereocenters. The fourth-order valence-corrected chi connectivity index (χ4v) is 2.74. The van der Waals surface area contributed by atoms with Gasteiger partial charge in [0.2, 0.25) is 0 Å². The summed E-state index contributed by atoms with van der Waals surface area (Å²) in [6.07, 6.45) is -0.159. The molecule has 25 heavy (non-hydrogen) atoms. The SMILES string of the molecule is Cc1cccc(C)c1OCC(=O)NNC(=O)C1Cc2ccccc2O1. The van der Waals surface area contributed by atoms with Crippen LogP contribution in [0.2, 0.25) is 0 Å². The van der Waals surface area contributed by atoms with Crippen molar-refractivity contribution in [3.63, 3.8) is 0 Å². The Morgan fingerprint density at radius 1 is 1.08 bits per heavy atom. The van der Waals surface area contributed by atoms with Crippen LogP contribution in [0.1, 0.15) is 16.7 Å². The third kappa shape index (κ3) is 3.91. The van der Waals surface area contributed by atoms with Crippen molar-refractivity contribution in [2.24, 2.45) is 0 Å². The number of hydrogen-bond donors (Lipinski definition) is 2. The van der Waals surface area contributed by atoms with Crippen LogP contribution in [0, 0.1) is 13.8 Å². The van der Waals surface area contributed by atoms with Gasteiger partial charge >= 0.3 is 0 Å². The summed E-state index contributed by atoms with van der Waals surface area (Å²) in [4.78, 5) is 24.0. The average molecular weight is 340 g/mol. The third-order valence-corrected chi connectivity index (χ3v) is 4.02. The van der Waals surface area contributed by atoms with Gasteiger partial charge < -0.3 is 9.47 Å². The van der Waals surface area contributed by atoms with Crippen LogP contribution in [-0.4, -0.2) is 24.5 Å². The molecule has 1 aliphatic rings. The molecule has 0 fully saturated rings. The van der Waals surface area contributed by atoms with Crippen LogP contribution in [0.3, 0.4) is 0 Å². The van der Waals surface area contributed by atoms with E-state index >= 15 is 0 Å². The number of nitrogens with one attached hydrogen (secondary N) is 2. The predicted octanol–water partition coefficient (Wildman–Crippen LogP) is 1.83. The standard InChI is InChI=1S/C19H20N2O4/c1-12-6-5-7-13(2)18(12)24-11-17(22)20-21-19(23)16-10-14-8-3-4-9-15(14)25-16/h3-9,16H,10-11H2,1-2H3,(H,20,22)(H,21,23). The van der Waals surface area contributed by atoms with Crippen molar-refractivity contribution >= 4 is 11.8 Å². The van der Waals surface area contributed by atoms with Crippen LogP contribution in [0.4, 0.5) is 0 Å². The Hall–Kier alpha value is -3.02. The normalized spacial score (nSPS) is 15.0. The molecule has 0 saturated heterocycles. The number of ether oxygens (including phenoxy) is 2. The lowest BCUT2D eigenvalue weighted by Crippen LogP contribution is -2.49. The number of carbonyl (C=O) groups excluding carboxylic acids is 2. The van der Waals surface area contributed by atoms with Crippen LogP contribution in [-0.2, 0) is 16.0 Å². The summed E-state index contributed by atoms with van der Waals surface area (Å²) >= 11 is 0. The van der Waals surface area contributed by atoms with Gasteiger partial charge in [-0.3, -0.25) is 20.4 Å². The van der Waals surface area contributed by atoms with Crippen LogP contribution in [0.25, 0.3) is 0 Å². The van der Waals surface area contributed by atoms with Gasteiger partial charge in [-0.2, -0.15) is 0 Å². The van der Waals surface area contributed by atoms with E-state index in [-0.39, 0.29) is 6.61 Å². The van der Waals surface area contributed by atoms with Crippen molar-refractivity contribution in [1.82, 2.24) is 10.9 Å². The Balaban J connectivity index is 1.46. The summed E-state index contributed by atoms with van der Waals surface area (Å²) in [5.74, 6) is 0.550. The van der Waals surface area contributed by atoms with Gasteiger partial charge in [0.1, 0.15) is 11.5 Å². The van der Waals surface area contributed by atoms with E-state index in [1.165, 1.54) is 0 Å². The van der Waals surface area contributed by atoms with Crippen LogP contribution < -0.4 is 20.3 Å². The van der Waals surface area contributed by atoms with Crippen molar-refractivity contribution in [2.45, 2.75) is 26.4 Å². The Morgan fingerprint density at radius 2 is 1.80 bits per heavy atom. The molecule has 1 heterocycles. The molecule has 0 bridgehead atoms. The van der Waals surface area contributed by atoms with Crippen molar-refractivity contribution in [2.75, 3.05) is 6.61 Å². The number of hydrogen-bond acceptors (Lipinski definition) is 4. The Morgan fingerprint density at radius 3 is 2.52 bits per heavy atom. The molecule has 0 aromatic heterocycles. The van der Waals surface area contributed by atoms with Crippen molar-refractivity contribution in [3.8, 4) is 11.5 Å². The number of rotatable bonds is 4. The Labute approximate surface area is 146 Å². The molecule has 0 saturated carbocycles. The molecule has 0 spiro atoms.